The monoisotopic (exact) mass is 698 g/mol. The van der Waals surface area contributed by atoms with Gasteiger partial charge < -0.3 is 35.0 Å². The molecule has 4 heterocycles. The number of piperidine rings is 1. The van der Waals surface area contributed by atoms with Gasteiger partial charge >= 0.3 is 0 Å². The summed E-state index contributed by atoms with van der Waals surface area (Å²) in [5.74, 6) is -0.270. The van der Waals surface area contributed by atoms with E-state index in [2.05, 4.69) is 49.5 Å². The zero-order valence-corrected chi connectivity index (χ0v) is 29.0. The first-order chi connectivity index (χ1) is 25.4. The smallest absolute Gasteiger partial charge is 0.275 e. The summed E-state index contributed by atoms with van der Waals surface area (Å²) in [6.07, 6.45) is 1.73. The highest BCUT2D eigenvalue weighted by Gasteiger charge is 2.51. The molecule has 11 nitrogen and oxygen atoms in total. The normalized spacial score (nSPS) is 23.1. The van der Waals surface area contributed by atoms with Gasteiger partial charge in [0.2, 0.25) is 5.91 Å². The molecule has 0 bridgehead atoms. The van der Waals surface area contributed by atoms with Crippen LogP contribution in [0.3, 0.4) is 0 Å². The number of likely N-dealkylation sites (tertiary alicyclic amines) is 1. The predicted octanol–water partition coefficient (Wildman–Crippen LogP) is 5.59. The molecule has 2 amide bonds. The standard InChI is InChI=1S/C41H42N6O5/c1-27-36(24-46-20-18-41(19-21-46)40(50)43-26-47(41)32-10-3-2-4-11-32)51-39(52-37(27)29-16-14-28(25-48)15-17-29)30-8-7-9-31(22-30)44-38(49)35-23-42-33-12-5-6-13-34(33)45-35/h2-17,22-23,27,36-37,39,48H,18-21,24-26H2,1H3,(H,43,50)(H,44,49)/t27-,36+,37+,39+/m0/s1. The number of aliphatic hydroxyl groups excluding tert-OH is 1. The number of aromatic nitrogens is 2. The van der Waals surface area contributed by atoms with Crippen LogP contribution in [0.1, 0.15) is 59.3 Å². The van der Waals surface area contributed by atoms with Gasteiger partial charge in [-0.05, 0) is 60.4 Å². The largest absolute Gasteiger partial charge is 0.392 e. The number of ether oxygens (including phenoxy) is 2. The Morgan fingerprint density at radius 3 is 2.44 bits per heavy atom. The molecule has 8 rings (SSSR count). The minimum Gasteiger partial charge on any atom is -0.392 e. The highest BCUT2D eigenvalue weighted by molar-refractivity contribution is 6.03. The molecule has 4 aromatic carbocycles. The molecule has 3 N–H and O–H groups in total. The lowest BCUT2D eigenvalue weighted by molar-refractivity contribution is -0.276. The maximum Gasteiger partial charge on any atom is 0.275 e. The molecule has 4 atom stereocenters. The third kappa shape index (κ3) is 6.64. The number of nitrogens with zero attached hydrogens (tertiary/aromatic N) is 4. The molecule has 52 heavy (non-hydrogen) atoms. The van der Waals surface area contributed by atoms with E-state index < -0.39 is 11.8 Å². The Kier molecular flexibility index (Phi) is 9.42. The summed E-state index contributed by atoms with van der Waals surface area (Å²) < 4.78 is 13.5. The van der Waals surface area contributed by atoms with Crippen molar-refractivity contribution in [3.8, 4) is 0 Å². The number of rotatable bonds is 8. The topological polar surface area (TPSA) is 129 Å². The summed E-state index contributed by atoms with van der Waals surface area (Å²) in [5, 5.41) is 15.7. The average Bonchev–Trinajstić information content (AvgIpc) is 3.50. The van der Waals surface area contributed by atoms with Gasteiger partial charge in [-0.25, -0.2) is 4.98 Å². The zero-order valence-electron chi connectivity index (χ0n) is 29.0. The first-order valence-corrected chi connectivity index (χ1v) is 17.9. The van der Waals surface area contributed by atoms with Crippen molar-refractivity contribution in [1.29, 1.82) is 0 Å². The van der Waals surface area contributed by atoms with E-state index in [1.807, 2.05) is 91.0 Å². The summed E-state index contributed by atoms with van der Waals surface area (Å²) in [4.78, 5) is 40.0. The second kappa shape index (κ2) is 14.4. The van der Waals surface area contributed by atoms with Crippen LogP contribution in [-0.2, 0) is 20.9 Å². The number of hydrogen-bond acceptors (Lipinski definition) is 9. The number of fused-ring (bicyclic) bond motifs is 1. The van der Waals surface area contributed by atoms with Gasteiger partial charge in [0.25, 0.3) is 5.91 Å². The van der Waals surface area contributed by atoms with E-state index in [0.29, 0.717) is 37.3 Å². The molecule has 1 aromatic heterocycles. The van der Waals surface area contributed by atoms with Crippen molar-refractivity contribution in [2.75, 3.05) is 36.5 Å². The zero-order chi connectivity index (χ0) is 35.7. The lowest BCUT2D eigenvalue weighted by Gasteiger charge is -2.46. The number of para-hydroxylation sites is 3. The van der Waals surface area contributed by atoms with Gasteiger partial charge in [0.1, 0.15) is 11.2 Å². The van der Waals surface area contributed by atoms with Crippen molar-refractivity contribution in [3.05, 3.63) is 132 Å². The van der Waals surface area contributed by atoms with Crippen molar-refractivity contribution in [3.63, 3.8) is 0 Å². The van der Waals surface area contributed by atoms with E-state index in [4.69, 9.17) is 9.47 Å². The average molecular weight is 699 g/mol. The molecule has 3 saturated heterocycles. The van der Waals surface area contributed by atoms with Gasteiger partial charge in [-0.3, -0.25) is 14.6 Å². The Balaban J connectivity index is 1.01. The Morgan fingerprint density at radius 2 is 1.67 bits per heavy atom. The number of benzene rings is 4. The van der Waals surface area contributed by atoms with Gasteiger partial charge in [-0.2, -0.15) is 0 Å². The van der Waals surface area contributed by atoms with E-state index in [1.165, 1.54) is 6.20 Å². The van der Waals surface area contributed by atoms with Crippen molar-refractivity contribution < 1.29 is 24.2 Å². The number of aliphatic hydroxyl groups is 1. The Morgan fingerprint density at radius 1 is 0.923 bits per heavy atom. The number of amides is 2. The van der Waals surface area contributed by atoms with E-state index in [1.54, 1.807) is 0 Å². The van der Waals surface area contributed by atoms with Gasteiger partial charge in [-0.15, -0.1) is 0 Å². The first kappa shape index (κ1) is 33.9. The van der Waals surface area contributed by atoms with Crippen molar-refractivity contribution in [1.82, 2.24) is 20.2 Å². The predicted molar refractivity (Wildman–Crippen MR) is 197 cm³/mol. The minimum absolute atomic E-state index is 0.00271. The van der Waals surface area contributed by atoms with Crippen LogP contribution >= 0.6 is 0 Å². The van der Waals surface area contributed by atoms with Crippen molar-refractivity contribution >= 4 is 34.2 Å². The molecule has 266 valence electrons. The maximum absolute atomic E-state index is 13.3. The fourth-order valence-electron chi connectivity index (χ4n) is 7.75. The number of hydrogen-bond donors (Lipinski definition) is 3. The Bertz CT molecular complexity index is 2050. The van der Waals surface area contributed by atoms with Crippen molar-refractivity contribution in [2.45, 2.75) is 50.4 Å². The molecular formula is C41H42N6O5. The van der Waals surface area contributed by atoms with Crippen LogP contribution in [0.5, 0.6) is 0 Å². The lowest BCUT2D eigenvalue weighted by Crippen LogP contribution is -2.57. The van der Waals surface area contributed by atoms with E-state index >= 15 is 0 Å². The van der Waals surface area contributed by atoms with Crippen LogP contribution in [-0.4, -0.2) is 69.7 Å². The number of carbonyl (C=O) groups excluding carboxylic acids is 2. The fourth-order valence-corrected chi connectivity index (χ4v) is 7.75. The second-order valence-electron chi connectivity index (χ2n) is 13.9. The summed E-state index contributed by atoms with van der Waals surface area (Å²) >= 11 is 0. The van der Waals surface area contributed by atoms with Crippen LogP contribution < -0.4 is 15.5 Å². The Labute approximate surface area is 302 Å². The van der Waals surface area contributed by atoms with Gasteiger partial charge in [-0.1, -0.05) is 73.7 Å². The molecule has 1 spiro atoms. The van der Waals surface area contributed by atoms with Crippen LogP contribution in [0.15, 0.2) is 109 Å². The lowest BCUT2D eigenvalue weighted by atomic mass is 9.84. The summed E-state index contributed by atoms with van der Waals surface area (Å²) in [7, 11) is 0. The van der Waals surface area contributed by atoms with Gasteiger partial charge in [0.05, 0.1) is 42.7 Å². The molecule has 0 saturated carbocycles. The maximum atomic E-state index is 13.3. The SMILES string of the molecule is C[C@H]1[C@@H](CN2CCC3(CC2)C(=O)NCN3c2ccccc2)O[C@@H](c2cccc(NC(=O)c3cnc4ccccc4n3)c2)O[C@H]1c1ccc(CO)cc1. The molecule has 0 aliphatic carbocycles. The molecule has 0 radical (unpaired) electrons. The van der Waals surface area contributed by atoms with E-state index in [0.717, 1.165) is 41.0 Å². The van der Waals surface area contributed by atoms with Crippen molar-refractivity contribution in [2.24, 2.45) is 5.92 Å². The van der Waals surface area contributed by atoms with E-state index in [9.17, 15) is 14.7 Å². The van der Waals surface area contributed by atoms with Crippen LogP contribution in [0.4, 0.5) is 11.4 Å². The third-order valence-corrected chi connectivity index (χ3v) is 10.7. The highest BCUT2D eigenvalue weighted by atomic mass is 16.7. The van der Waals surface area contributed by atoms with Crippen LogP contribution in [0.2, 0.25) is 0 Å². The summed E-state index contributed by atoms with van der Waals surface area (Å²) in [6.45, 7) is 4.81. The Hall–Kier alpha value is -5.20. The molecule has 11 heteroatoms. The molecule has 3 aliphatic rings. The first-order valence-electron chi connectivity index (χ1n) is 17.9. The number of carbonyl (C=O) groups is 2. The summed E-state index contributed by atoms with van der Waals surface area (Å²) in [5.41, 5.74) is 5.27. The molecular weight excluding hydrogens is 656 g/mol. The van der Waals surface area contributed by atoms with Crippen LogP contribution in [0.25, 0.3) is 11.0 Å². The van der Waals surface area contributed by atoms with Crippen LogP contribution in [0, 0.1) is 5.92 Å². The fraction of sp³-hybridized carbons (Fsp3) is 0.317. The third-order valence-electron chi connectivity index (χ3n) is 10.7. The molecule has 3 fully saturated rings. The van der Waals surface area contributed by atoms with E-state index in [-0.39, 0.29) is 42.2 Å². The number of nitrogens with one attached hydrogen (secondary N) is 2. The summed E-state index contributed by atoms with van der Waals surface area (Å²) in [6, 6.07) is 33.0. The highest BCUT2D eigenvalue weighted by Crippen LogP contribution is 2.43. The molecule has 0 unspecified atom stereocenters. The second-order valence-corrected chi connectivity index (χ2v) is 13.9. The van der Waals surface area contributed by atoms with Gasteiger partial charge in [0, 0.05) is 42.5 Å². The minimum atomic E-state index is -0.702. The van der Waals surface area contributed by atoms with Gasteiger partial charge in [0.15, 0.2) is 6.29 Å². The molecule has 3 aliphatic heterocycles. The number of anilines is 2. The quantitative estimate of drug-likeness (QED) is 0.190. The molecule has 5 aromatic rings.